The number of nitrogens with one attached hydrogen (secondary N) is 1. The summed E-state index contributed by atoms with van der Waals surface area (Å²) in [5, 5.41) is 8.88. The molecule has 1 amide bonds. The first kappa shape index (κ1) is 19.0. The maximum Gasteiger partial charge on any atom is 0.253 e. The number of halogens is 1. The predicted octanol–water partition coefficient (Wildman–Crippen LogP) is 2.28. The average Bonchev–Trinajstić information content (AvgIpc) is 2.68. The zero-order chi connectivity index (χ0) is 19.4. The Labute approximate surface area is 157 Å². The van der Waals surface area contributed by atoms with Gasteiger partial charge in [0.15, 0.2) is 0 Å². The Morgan fingerprint density at radius 1 is 1.22 bits per heavy atom. The van der Waals surface area contributed by atoms with Gasteiger partial charge < -0.3 is 4.90 Å². The minimum absolute atomic E-state index is 0.145. The van der Waals surface area contributed by atoms with Crippen molar-refractivity contribution in [2.75, 3.05) is 13.1 Å². The molecule has 6 nitrogen and oxygen atoms in total. The van der Waals surface area contributed by atoms with Crippen LogP contribution in [-0.2, 0) is 10.0 Å². The highest BCUT2D eigenvalue weighted by molar-refractivity contribution is 7.89. The van der Waals surface area contributed by atoms with Crippen LogP contribution in [0.25, 0.3) is 0 Å². The van der Waals surface area contributed by atoms with Crippen LogP contribution in [0.1, 0.15) is 28.8 Å². The summed E-state index contributed by atoms with van der Waals surface area (Å²) in [6, 6.07) is 13.1. The van der Waals surface area contributed by atoms with E-state index in [0.29, 0.717) is 24.9 Å². The third-order valence-corrected chi connectivity index (χ3v) is 5.94. The van der Waals surface area contributed by atoms with Crippen molar-refractivity contribution in [1.29, 1.82) is 5.26 Å². The van der Waals surface area contributed by atoms with Crippen LogP contribution in [0.15, 0.2) is 53.4 Å². The fraction of sp³-hybridized carbons (Fsp3) is 0.263. The van der Waals surface area contributed by atoms with Crippen molar-refractivity contribution in [1.82, 2.24) is 9.62 Å². The van der Waals surface area contributed by atoms with Crippen molar-refractivity contribution in [2.24, 2.45) is 0 Å². The number of carbonyl (C=O) groups is 1. The second-order valence-electron chi connectivity index (χ2n) is 6.33. The molecular formula is C19H18FN3O3S. The molecule has 1 atom stereocenters. The summed E-state index contributed by atoms with van der Waals surface area (Å²) < 4.78 is 41.2. The summed E-state index contributed by atoms with van der Waals surface area (Å²) in [6.45, 7) is 0.806. The number of sulfonamides is 1. The average molecular weight is 387 g/mol. The third-order valence-electron chi connectivity index (χ3n) is 4.42. The maximum absolute atomic E-state index is 13.4. The highest BCUT2D eigenvalue weighted by Gasteiger charge is 2.28. The number of likely N-dealkylation sites (tertiary alicyclic amines) is 1. The smallest absolute Gasteiger partial charge is 0.253 e. The SMILES string of the molecule is N#Cc1cc(S(=O)(=O)NC2CCCN(C(=O)c3ccccc3)C2)ccc1F. The Bertz CT molecular complexity index is 987. The Balaban J connectivity index is 1.73. The van der Waals surface area contributed by atoms with E-state index in [9.17, 15) is 17.6 Å². The van der Waals surface area contributed by atoms with Gasteiger partial charge in [-0.1, -0.05) is 18.2 Å². The Morgan fingerprint density at radius 3 is 2.67 bits per heavy atom. The van der Waals surface area contributed by atoms with E-state index < -0.39 is 21.9 Å². The number of hydrogen-bond acceptors (Lipinski definition) is 4. The van der Waals surface area contributed by atoms with Gasteiger partial charge in [-0.3, -0.25) is 4.79 Å². The lowest BCUT2D eigenvalue weighted by Crippen LogP contribution is -2.49. The van der Waals surface area contributed by atoms with E-state index in [0.717, 1.165) is 18.2 Å². The van der Waals surface area contributed by atoms with Crippen LogP contribution in [0.4, 0.5) is 4.39 Å². The molecule has 0 aliphatic carbocycles. The van der Waals surface area contributed by atoms with Gasteiger partial charge in [-0.05, 0) is 43.2 Å². The number of amides is 1. The largest absolute Gasteiger partial charge is 0.337 e. The van der Waals surface area contributed by atoms with Crippen LogP contribution in [0.5, 0.6) is 0 Å². The van der Waals surface area contributed by atoms with Crippen molar-refractivity contribution < 1.29 is 17.6 Å². The summed E-state index contributed by atoms with van der Waals surface area (Å²) in [6.07, 6.45) is 1.25. The van der Waals surface area contributed by atoms with Gasteiger partial charge in [-0.15, -0.1) is 0 Å². The number of carbonyl (C=O) groups excluding carboxylic acids is 1. The van der Waals surface area contributed by atoms with E-state index in [1.165, 1.54) is 0 Å². The monoisotopic (exact) mass is 387 g/mol. The Hall–Kier alpha value is -2.76. The lowest BCUT2D eigenvalue weighted by atomic mass is 10.1. The summed E-state index contributed by atoms with van der Waals surface area (Å²) in [5.41, 5.74) is 0.223. The van der Waals surface area contributed by atoms with Gasteiger partial charge in [0.1, 0.15) is 11.9 Å². The summed E-state index contributed by atoms with van der Waals surface area (Å²) >= 11 is 0. The van der Waals surface area contributed by atoms with Crippen LogP contribution >= 0.6 is 0 Å². The molecule has 1 aliphatic heterocycles. The number of nitriles is 1. The zero-order valence-electron chi connectivity index (χ0n) is 14.4. The third kappa shape index (κ3) is 4.32. The van der Waals surface area contributed by atoms with E-state index in [1.54, 1.807) is 35.2 Å². The second-order valence-corrected chi connectivity index (χ2v) is 8.05. The Kier molecular flexibility index (Phi) is 5.54. The molecule has 0 saturated carbocycles. The van der Waals surface area contributed by atoms with Crippen molar-refractivity contribution in [3.8, 4) is 6.07 Å². The van der Waals surface area contributed by atoms with Gasteiger partial charge in [0.25, 0.3) is 5.91 Å². The molecule has 1 heterocycles. The van der Waals surface area contributed by atoms with Crippen molar-refractivity contribution in [3.63, 3.8) is 0 Å². The first-order valence-corrected chi connectivity index (χ1v) is 9.95. The number of hydrogen-bond donors (Lipinski definition) is 1. The maximum atomic E-state index is 13.4. The minimum Gasteiger partial charge on any atom is -0.337 e. The van der Waals surface area contributed by atoms with E-state index >= 15 is 0 Å². The topological polar surface area (TPSA) is 90.3 Å². The quantitative estimate of drug-likeness (QED) is 0.871. The van der Waals surface area contributed by atoms with E-state index in [1.807, 2.05) is 6.07 Å². The van der Waals surface area contributed by atoms with E-state index in [-0.39, 0.29) is 22.9 Å². The molecule has 27 heavy (non-hydrogen) atoms. The van der Waals surface area contributed by atoms with E-state index in [2.05, 4.69) is 4.72 Å². The summed E-state index contributed by atoms with van der Waals surface area (Å²) in [7, 11) is -3.93. The summed E-state index contributed by atoms with van der Waals surface area (Å²) in [4.78, 5) is 14.0. The van der Waals surface area contributed by atoms with Crippen LogP contribution in [0.3, 0.4) is 0 Å². The van der Waals surface area contributed by atoms with Crippen LogP contribution in [0, 0.1) is 17.1 Å². The molecule has 1 aliphatic rings. The molecule has 0 radical (unpaired) electrons. The fourth-order valence-electron chi connectivity index (χ4n) is 3.07. The minimum atomic E-state index is -3.93. The zero-order valence-corrected chi connectivity index (χ0v) is 15.2. The normalized spacial score (nSPS) is 17.3. The first-order chi connectivity index (χ1) is 12.9. The molecule has 1 N–H and O–H groups in total. The van der Waals surface area contributed by atoms with Gasteiger partial charge in [0.05, 0.1) is 10.5 Å². The molecule has 0 spiro atoms. The highest BCUT2D eigenvalue weighted by Crippen LogP contribution is 2.18. The molecule has 2 aromatic rings. The summed E-state index contributed by atoms with van der Waals surface area (Å²) in [5.74, 6) is -0.915. The fourth-order valence-corrected chi connectivity index (χ4v) is 4.35. The van der Waals surface area contributed by atoms with Gasteiger partial charge in [-0.25, -0.2) is 17.5 Å². The molecule has 140 valence electrons. The predicted molar refractivity (Wildman–Crippen MR) is 96.8 cm³/mol. The molecule has 0 aromatic heterocycles. The van der Waals surface area contributed by atoms with Gasteiger partial charge in [0, 0.05) is 24.7 Å². The van der Waals surface area contributed by atoms with E-state index in [4.69, 9.17) is 5.26 Å². The standard InChI is InChI=1S/C19H18FN3O3S/c20-18-9-8-17(11-15(18)12-21)27(25,26)22-16-7-4-10-23(13-16)19(24)14-5-2-1-3-6-14/h1-3,5-6,8-9,11,16,22H,4,7,10,13H2. The van der Waals surface area contributed by atoms with Gasteiger partial charge >= 0.3 is 0 Å². The van der Waals surface area contributed by atoms with Crippen molar-refractivity contribution in [2.45, 2.75) is 23.8 Å². The van der Waals surface area contributed by atoms with Crippen molar-refractivity contribution in [3.05, 3.63) is 65.5 Å². The molecule has 3 rings (SSSR count). The molecular weight excluding hydrogens is 369 g/mol. The van der Waals surface area contributed by atoms with Crippen LogP contribution < -0.4 is 4.72 Å². The molecule has 0 bridgehead atoms. The van der Waals surface area contributed by atoms with Gasteiger partial charge in [0.2, 0.25) is 10.0 Å². The van der Waals surface area contributed by atoms with Crippen LogP contribution in [-0.4, -0.2) is 38.4 Å². The number of piperidine rings is 1. The molecule has 2 aromatic carbocycles. The lowest BCUT2D eigenvalue weighted by Gasteiger charge is -2.33. The van der Waals surface area contributed by atoms with Crippen LogP contribution in [0.2, 0.25) is 0 Å². The Morgan fingerprint density at radius 2 is 1.96 bits per heavy atom. The molecule has 8 heteroatoms. The highest BCUT2D eigenvalue weighted by atomic mass is 32.2. The molecule has 1 unspecified atom stereocenters. The van der Waals surface area contributed by atoms with Gasteiger partial charge in [-0.2, -0.15) is 5.26 Å². The van der Waals surface area contributed by atoms with Crippen molar-refractivity contribution >= 4 is 15.9 Å². The number of benzene rings is 2. The first-order valence-electron chi connectivity index (χ1n) is 8.47. The lowest BCUT2D eigenvalue weighted by molar-refractivity contribution is 0.0703. The molecule has 1 fully saturated rings. The number of nitrogens with zero attached hydrogens (tertiary/aromatic N) is 2. The second kappa shape index (κ2) is 7.86. The molecule has 1 saturated heterocycles. The number of rotatable bonds is 4.